The second kappa shape index (κ2) is 5.92. The summed E-state index contributed by atoms with van der Waals surface area (Å²) in [6.45, 7) is 0. The molecule has 116 valence electrons. The lowest BCUT2D eigenvalue weighted by molar-refractivity contribution is 0.102. The number of aromatic amines is 1. The summed E-state index contributed by atoms with van der Waals surface area (Å²) in [6.07, 6.45) is 0. The van der Waals surface area contributed by atoms with Crippen molar-refractivity contribution >= 4 is 28.2 Å². The molecule has 0 radical (unpaired) electrons. The van der Waals surface area contributed by atoms with Crippen molar-refractivity contribution in [2.24, 2.45) is 0 Å². The quantitative estimate of drug-likeness (QED) is 0.778. The van der Waals surface area contributed by atoms with Crippen LogP contribution < -0.4 is 15.9 Å². The molecular formula is C17H16N4O2. The average molecular weight is 308 g/mol. The molecule has 3 rings (SSSR count). The summed E-state index contributed by atoms with van der Waals surface area (Å²) in [5.74, 6) is -0.412. The van der Waals surface area contributed by atoms with Gasteiger partial charge in [0.1, 0.15) is 5.69 Å². The van der Waals surface area contributed by atoms with Crippen LogP contribution in [0.4, 0.5) is 11.4 Å². The highest BCUT2D eigenvalue weighted by Gasteiger charge is 2.13. The Kier molecular flexibility index (Phi) is 3.80. The van der Waals surface area contributed by atoms with E-state index in [0.717, 1.165) is 5.69 Å². The number of rotatable bonds is 3. The number of nitrogens with zero attached hydrogens (tertiary/aromatic N) is 2. The average Bonchev–Trinajstić information content (AvgIpc) is 2.54. The highest BCUT2D eigenvalue weighted by molar-refractivity contribution is 6.10. The summed E-state index contributed by atoms with van der Waals surface area (Å²) in [5, 5.41) is 3.38. The Bertz CT molecular complexity index is 914. The minimum atomic E-state index is -0.545. The first kappa shape index (κ1) is 14.8. The van der Waals surface area contributed by atoms with E-state index in [1.165, 1.54) is 0 Å². The molecule has 2 N–H and O–H groups in total. The second-order valence-electron chi connectivity index (χ2n) is 5.33. The molecule has 1 aromatic heterocycles. The van der Waals surface area contributed by atoms with E-state index < -0.39 is 11.6 Å². The van der Waals surface area contributed by atoms with Gasteiger partial charge < -0.3 is 15.2 Å². The Hall–Kier alpha value is -3.15. The third-order valence-electron chi connectivity index (χ3n) is 3.49. The number of hydrogen-bond acceptors (Lipinski definition) is 4. The minimum Gasteiger partial charge on any atom is -0.378 e. The Morgan fingerprint density at radius 3 is 2.48 bits per heavy atom. The number of aromatic nitrogens is 2. The molecule has 0 saturated heterocycles. The van der Waals surface area contributed by atoms with Gasteiger partial charge >= 0.3 is 5.69 Å². The van der Waals surface area contributed by atoms with E-state index in [-0.39, 0.29) is 5.69 Å². The number of hydrogen-bond donors (Lipinski definition) is 2. The van der Waals surface area contributed by atoms with Crippen molar-refractivity contribution < 1.29 is 4.79 Å². The highest BCUT2D eigenvalue weighted by Crippen LogP contribution is 2.18. The van der Waals surface area contributed by atoms with Gasteiger partial charge in [0, 0.05) is 30.9 Å². The van der Waals surface area contributed by atoms with E-state index in [9.17, 15) is 9.59 Å². The van der Waals surface area contributed by atoms with Gasteiger partial charge in [0.2, 0.25) is 0 Å². The number of amides is 1. The fraction of sp³-hybridized carbons (Fsp3) is 0.118. The van der Waals surface area contributed by atoms with Crippen molar-refractivity contribution in [3.05, 3.63) is 64.7 Å². The number of carbonyl (C=O) groups excluding carboxylic acids is 1. The van der Waals surface area contributed by atoms with Crippen molar-refractivity contribution in [1.82, 2.24) is 9.97 Å². The van der Waals surface area contributed by atoms with Crippen molar-refractivity contribution in [1.29, 1.82) is 0 Å². The van der Waals surface area contributed by atoms with Gasteiger partial charge in [-0.1, -0.05) is 18.2 Å². The van der Waals surface area contributed by atoms with Crippen LogP contribution >= 0.6 is 0 Å². The lowest BCUT2D eigenvalue weighted by Crippen LogP contribution is -2.21. The topological polar surface area (TPSA) is 78.1 Å². The van der Waals surface area contributed by atoms with E-state index in [2.05, 4.69) is 15.3 Å². The fourth-order valence-corrected chi connectivity index (χ4v) is 2.31. The number of nitrogens with one attached hydrogen (secondary N) is 2. The maximum Gasteiger partial charge on any atom is 0.346 e. The third-order valence-corrected chi connectivity index (χ3v) is 3.49. The van der Waals surface area contributed by atoms with Gasteiger partial charge in [0.25, 0.3) is 5.91 Å². The van der Waals surface area contributed by atoms with E-state index in [1.807, 2.05) is 43.3 Å². The van der Waals surface area contributed by atoms with Gasteiger partial charge in [-0.15, -0.1) is 0 Å². The molecule has 0 spiro atoms. The zero-order valence-electron chi connectivity index (χ0n) is 12.8. The molecule has 0 fully saturated rings. The number of fused-ring (bicyclic) bond motifs is 1. The van der Waals surface area contributed by atoms with E-state index in [1.54, 1.807) is 24.3 Å². The van der Waals surface area contributed by atoms with Crippen LogP contribution in [-0.2, 0) is 0 Å². The number of anilines is 2. The zero-order chi connectivity index (χ0) is 16.4. The maximum atomic E-state index is 12.5. The van der Waals surface area contributed by atoms with Crippen molar-refractivity contribution in [3.8, 4) is 0 Å². The van der Waals surface area contributed by atoms with Crippen LogP contribution in [0.25, 0.3) is 10.9 Å². The first-order valence-electron chi connectivity index (χ1n) is 7.12. The van der Waals surface area contributed by atoms with Gasteiger partial charge in [0.15, 0.2) is 0 Å². The predicted octanol–water partition coefficient (Wildman–Crippen LogP) is 2.24. The van der Waals surface area contributed by atoms with E-state index >= 15 is 0 Å². The molecule has 1 heterocycles. The molecule has 0 aliphatic carbocycles. The highest BCUT2D eigenvalue weighted by atomic mass is 16.2. The van der Waals surface area contributed by atoms with Gasteiger partial charge in [0.05, 0.1) is 5.52 Å². The van der Waals surface area contributed by atoms with Gasteiger partial charge in [-0.2, -0.15) is 4.98 Å². The monoisotopic (exact) mass is 308 g/mol. The smallest absolute Gasteiger partial charge is 0.346 e. The molecule has 0 bridgehead atoms. The number of carbonyl (C=O) groups is 1. The molecule has 23 heavy (non-hydrogen) atoms. The Labute approximate surface area is 132 Å². The molecule has 0 aliphatic heterocycles. The predicted molar refractivity (Wildman–Crippen MR) is 91.1 cm³/mol. The van der Waals surface area contributed by atoms with Crippen LogP contribution in [-0.4, -0.2) is 30.0 Å². The van der Waals surface area contributed by atoms with Crippen LogP contribution in [0.3, 0.4) is 0 Å². The second-order valence-corrected chi connectivity index (χ2v) is 5.33. The van der Waals surface area contributed by atoms with Crippen LogP contribution in [0, 0.1) is 0 Å². The molecular weight excluding hydrogens is 292 g/mol. The third kappa shape index (κ3) is 3.06. The molecule has 0 saturated carbocycles. The number of H-pyrrole nitrogens is 1. The molecule has 0 unspecified atom stereocenters. The Morgan fingerprint density at radius 2 is 1.78 bits per heavy atom. The van der Waals surface area contributed by atoms with Gasteiger partial charge in [-0.3, -0.25) is 4.79 Å². The Balaban J connectivity index is 1.93. The summed E-state index contributed by atoms with van der Waals surface area (Å²) in [7, 11) is 3.89. The Morgan fingerprint density at radius 1 is 1.09 bits per heavy atom. The maximum absolute atomic E-state index is 12.5. The van der Waals surface area contributed by atoms with Crippen molar-refractivity contribution in [2.75, 3.05) is 24.3 Å². The summed E-state index contributed by atoms with van der Waals surface area (Å²) >= 11 is 0. The van der Waals surface area contributed by atoms with E-state index in [0.29, 0.717) is 16.6 Å². The molecule has 0 atom stereocenters. The normalized spacial score (nSPS) is 10.5. The zero-order valence-corrected chi connectivity index (χ0v) is 12.8. The lowest BCUT2D eigenvalue weighted by Gasteiger charge is -2.13. The van der Waals surface area contributed by atoms with Crippen LogP contribution in [0.2, 0.25) is 0 Å². The minimum absolute atomic E-state index is 0.112. The molecule has 0 aliphatic rings. The van der Waals surface area contributed by atoms with Crippen LogP contribution in [0.15, 0.2) is 53.3 Å². The van der Waals surface area contributed by atoms with Crippen molar-refractivity contribution in [3.63, 3.8) is 0 Å². The molecule has 6 heteroatoms. The first-order chi connectivity index (χ1) is 11.0. The van der Waals surface area contributed by atoms with Crippen molar-refractivity contribution in [2.45, 2.75) is 0 Å². The molecule has 6 nitrogen and oxygen atoms in total. The molecule has 1 amide bonds. The van der Waals surface area contributed by atoms with E-state index in [4.69, 9.17) is 0 Å². The van der Waals surface area contributed by atoms with Crippen LogP contribution in [0.5, 0.6) is 0 Å². The van der Waals surface area contributed by atoms with Gasteiger partial charge in [-0.25, -0.2) is 4.79 Å². The SMILES string of the molecule is CN(C)c1ccc(NC(=O)c2nc(=O)[nH]c3ccccc23)cc1. The summed E-state index contributed by atoms with van der Waals surface area (Å²) in [6, 6.07) is 14.5. The number of para-hydroxylation sites is 1. The largest absolute Gasteiger partial charge is 0.378 e. The number of benzene rings is 2. The molecule has 3 aromatic rings. The fourth-order valence-electron chi connectivity index (χ4n) is 2.31. The van der Waals surface area contributed by atoms with Gasteiger partial charge in [-0.05, 0) is 30.3 Å². The first-order valence-corrected chi connectivity index (χ1v) is 7.12. The summed E-state index contributed by atoms with van der Waals surface area (Å²) in [5.41, 5.74) is 1.83. The summed E-state index contributed by atoms with van der Waals surface area (Å²) < 4.78 is 0. The molecule has 2 aromatic carbocycles. The standard InChI is InChI=1S/C17H16N4O2/c1-21(2)12-9-7-11(8-10-12)18-16(22)15-13-5-3-4-6-14(13)19-17(23)20-15/h3-10H,1-2H3,(H,18,22)(H,19,20,23). The van der Waals surface area contributed by atoms with Crippen LogP contribution in [0.1, 0.15) is 10.5 Å². The summed E-state index contributed by atoms with van der Waals surface area (Å²) in [4.78, 5) is 32.5. The lowest BCUT2D eigenvalue weighted by atomic mass is 10.1.